The molecule has 0 radical (unpaired) electrons. The standard InChI is InChI=1S/C14H17FN4O2/c1-2-19-5-6-20-12(8-19)13-17-14(21-18-13)10-4-3-9(16)7-11(10)15/h3-4,7,12H,2,5-6,8,16H2,1H3. The van der Waals surface area contributed by atoms with Gasteiger partial charge in [0.2, 0.25) is 5.82 Å². The normalized spacial score (nSPS) is 19.8. The molecule has 1 fully saturated rings. The van der Waals surface area contributed by atoms with E-state index < -0.39 is 5.82 Å². The molecule has 7 heteroatoms. The minimum absolute atomic E-state index is 0.139. The van der Waals surface area contributed by atoms with E-state index in [9.17, 15) is 4.39 Å². The van der Waals surface area contributed by atoms with E-state index in [1.165, 1.54) is 12.1 Å². The maximum absolute atomic E-state index is 13.9. The van der Waals surface area contributed by atoms with Crippen LogP contribution in [0.5, 0.6) is 0 Å². The first-order valence-electron chi connectivity index (χ1n) is 6.90. The predicted molar refractivity (Wildman–Crippen MR) is 74.9 cm³/mol. The summed E-state index contributed by atoms with van der Waals surface area (Å²) >= 11 is 0. The van der Waals surface area contributed by atoms with Gasteiger partial charge in [0.25, 0.3) is 5.89 Å². The quantitative estimate of drug-likeness (QED) is 0.870. The number of nitrogens with two attached hydrogens (primary N) is 1. The van der Waals surface area contributed by atoms with E-state index in [1.807, 2.05) is 0 Å². The molecule has 21 heavy (non-hydrogen) atoms. The summed E-state index contributed by atoms with van der Waals surface area (Å²) in [5, 5.41) is 3.91. The van der Waals surface area contributed by atoms with Crippen LogP contribution in [-0.2, 0) is 4.74 Å². The number of benzene rings is 1. The van der Waals surface area contributed by atoms with E-state index in [-0.39, 0.29) is 17.6 Å². The Kier molecular flexibility index (Phi) is 3.85. The van der Waals surface area contributed by atoms with E-state index in [4.69, 9.17) is 15.0 Å². The summed E-state index contributed by atoms with van der Waals surface area (Å²) in [6.07, 6.45) is -0.243. The third-order valence-electron chi connectivity index (χ3n) is 3.55. The number of rotatable bonds is 3. The average molecular weight is 292 g/mol. The van der Waals surface area contributed by atoms with E-state index >= 15 is 0 Å². The van der Waals surface area contributed by atoms with Crippen molar-refractivity contribution >= 4 is 5.69 Å². The van der Waals surface area contributed by atoms with Gasteiger partial charge in [0.05, 0.1) is 12.2 Å². The van der Waals surface area contributed by atoms with Gasteiger partial charge in [-0.25, -0.2) is 4.39 Å². The molecular weight excluding hydrogens is 275 g/mol. The van der Waals surface area contributed by atoms with Crippen LogP contribution < -0.4 is 5.73 Å². The van der Waals surface area contributed by atoms with Gasteiger partial charge in [-0.1, -0.05) is 12.1 Å². The molecule has 0 saturated carbocycles. The van der Waals surface area contributed by atoms with E-state index in [0.29, 0.717) is 24.7 Å². The Labute approximate surface area is 121 Å². The highest BCUT2D eigenvalue weighted by Crippen LogP contribution is 2.26. The summed E-state index contributed by atoms with van der Waals surface area (Å²) in [6, 6.07) is 4.36. The van der Waals surface area contributed by atoms with Crippen LogP contribution in [0.1, 0.15) is 18.9 Å². The maximum Gasteiger partial charge on any atom is 0.260 e. The molecule has 0 amide bonds. The third-order valence-corrected chi connectivity index (χ3v) is 3.55. The largest absolute Gasteiger partial charge is 0.399 e. The number of hydrogen-bond acceptors (Lipinski definition) is 6. The van der Waals surface area contributed by atoms with Gasteiger partial charge in [0.1, 0.15) is 11.9 Å². The number of likely N-dealkylation sites (N-methyl/N-ethyl adjacent to an activating group) is 1. The molecule has 2 aromatic rings. The summed E-state index contributed by atoms with van der Waals surface area (Å²) < 4.78 is 24.7. The minimum Gasteiger partial charge on any atom is -0.399 e. The van der Waals surface area contributed by atoms with Crippen LogP contribution >= 0.6 is 0 Å². The second-order valence-electron chi connectivity index (χ2n) is 4.95. The fraction of sp³-hybridized carbons (Fsp3) is 0.429. The van der Waals surface area contributed by atoms with Crippen LogP contribution in [-0.4, -0.2) is 41.3 Å². The van der Waals surface area contributed by atoms with Gasteiger partial charge in [-0.2, -0.15) is 4.98 Å². The summed E-state index contributed by atoms with van der Waals surface area (Å²) in [5.74, 6) is 0.101. The third kappa shape index (κ3) is 2.88. The first-order chi connectivity index (χ1) is 10.2. The number of nitrogen functional groups attached to an aromatic ring is 1. The van der Waals surface area contributed by atoms with E-state index in [2.05, 4.69) is 22.0 Å². The molecule has 0 spiro atoms. The lowest BCUT2D eigenvalue weighted by molar-refractivity contribution is -0.0334. The predicted octanol–water partition coefficient (Wildman–Crippen LogP) is 1.85. The van der Waals surface area contributed by atoms with Crippen LogP contribution in [0.4, 0.5) is 10.1 Å². The van der Waals surface area contributed by atoms with Gasteiger partial charge in [0.15, 0.2) is 0 Å². The number of halogens is 1. The van der Waals surface area contributed by atoms with Crippen molar-refractivity contribution in [3.63, 3.8) is 0 Å². The zero-order valence-electron chi connectivity index (χ0n) is 11.8. The second kappa shape index (κ2) is 5.79. The Hall–Kier alpha value is -1.99. The Morgan fingerprint density at radius 3 is 3.10 bits per heavy atom. The number of ether oxygens (including phenoxy) is 1. The SMILES string of the molecule is CCN1CCOC(c2noc(-c3ccc(N)cc3F)n2)C1. The topological polar surface area (TPSA) is 77.4 Å². The summed E-state index contributed by atoms with van der Waals surface area (Å²) in [6.45, 7) is 5.26. The maximum atomic E-state index is 13.9. The highest BCUT2D eigenvalue weighted by Gasteiger charge is 2.26. The molecule has 1 aliphatic rings. The van der Waals surface area contributed by atoms with Crippen molar-refractivity contribution in [2.75, 3.05) is 32.0 Å². The first kappa shape index (κ1) is 14.0. The molecule has 1 aliphatic heterocycles. The average Bonchev–Trinajstić information content (AvgIpc) is 2.97. The molecule has 1 saturated heterocycles. The van der Waals surface area contributed by atoms with Crippen LogP contribution in [0, 0.1) is 5.82 Å². The summed E-state index contributed by atoms with van der Waals surface area (Å²) in [4.78, 5) is 6.50. The zero-order chi connectivity index (χ0) is 14.8. The van der Waals surface area contributed by atoms with Crippen molar-refractivity contribution in [3.05, 3.63) is 29.8 Å². The molecular formula is C14H17FN4O2. The molecule has 1 atom stereocenters. The van der Waals surface area contributed by atoms with Gasteiger partial charge in [0, 0.05) is 18.8 Å². The molecule has 0 bridgehead atoms. The van der Waals surface area contributed by atoms with Crippen molar-refractivity contribution in [2.45, 2.75) is 13.0 Å². The molecule has 2 N–H and O–H groups in total. The minimum atomic E-state index is -0.482. The van der Waals surface area contributed by atoms with Crippen LogP contribution in [0.15, 0.2) is 22.7 Å². The molecule has 2 heterocycles. The lowest BCUT2D eigenvalue weighted by Gasteiger charge is -2.30. The van der Waals surface area contributed by atoms with E-state index in [0.717, 1.165) is 13.1 Å². The van der Waals surface area contributed by atoms with Crippen molar-refractivity contribution in [2.24, 2.45) is 0 Å². The highest BCUT2D eigenvalue weighted by atomic mass is 19.1. The molecule has 6 nitrogen and oxygen atoms in total. The molecule has 0 aliphatic carbocycles. The molecule has 1 aromatic heterocycles. The second-order valence-corrected chi connectivity index (χ2v) is 4.95. The summed E-state index contributed by atoms with van der Waals surface area (Å²) in [7, 11) is 0. The molecule has 112 valence electrons. The van der Waals surface area contributed by atoms with Crippen molar-refractivity contribution < 1.29 is 13.7 Å². The Bertz CT molecular complexity index is 631. The van der Waals surface area contributed by atoms with Gasteiger partial charge in [-0.05, 0) is 24.7 Å². The summed E-state index contributed by atoms with van der Waals surface area (Å²) in [5.41, 5.74) is 6.12. The number of morpholine rings is 1. The van der Waals surface area contributed by atoms with E-state index in [1.54, 1.807) is 6.07 Å². The monoisotopic (exact) mass is 292 g/mol. The Balaban J connectivity index is 1.83. The number of anilines is 1. The fourth-order valence-electron chi connectivity index (χ4n) is 2.33. The van der Waals surface area contributed by atoms with Gasteiger partial charge >= 0.3 is 0 Å². The number of aromatic nitrogens is 2. The van der Waals surface area contributed by atoms with Gasteiger partial charge in [-0.15, -0.1) is 0 Å². The lowest BCUT2D eigenvalue weighted by atomic mass is 10.2. The number of hydrogen-bond donors (Lipinski definition) is 1. The Morgan fingerprint density at radius 2 is 2.33 bits per heavy atom. The van der Waals surface area contributed by atoms with Crippen molar-refractivity contribution in [1.82, 2.24) is 15.0 Å². The smallest absolute Gasteiger partial charge is 0.260 e. The first-order valence-corrected chi connectivity index (χ1v) is 6.90. The highest BCUT2D eigenvalue weighted by molar-refractivity contribution is 5.58. The fourth-order valence-corrected chi connectivity index (χ4v) is 2.33. The van der Waals surface area contributed by atoms with Crippen molar-refractivity contribution in [1.29, 1.82) is 0 Å². The Morgan fingerprint density at radius 1 is 1.48 bits per heavy atom. The molecule has 3 rings (SSSR count). The lowest BCUT2D eigenvalue weighted by Crippen LogP contribution is -2.38. The molecule has 1 unspecified atom stereocenters. The van der Waals surface area contributed by atoms with Gasteiger partial charge in [-0.3, -0.25) is 4.90 Å². The molecule has 1 aromatic carbocycles. The van der Waals surface area contributed by atoms with Crippen LogP contribution in [0.3, 0.4) is 0 Å². The van der Waals surface area contributed by atoms with Crippen molar-refractivity contribution in [3.8, 4) is 11.5 Å². The van der Waals surface area contributed by atoms with Gasteiger partial charge < -0.3 is 15.0 Å². The van der Waals surface area contributed by atoms with Crippen LogP contribution in [0.2, 0.25) is 0 Å². The van der Waals surface area contributed by atoms with Crippen LogP contribution in [0.25, 0.3) is 11.5 Å². The number of nitrogens with zero attached hydrogens (tertiary/aromatic N) is 3. The zero-order valence-corrected chi connectivity index (χ0v) is 11.8.